The predicted octanol–water partition coefficient (Wildman–Crippen LogP) is 0.215. The molecule has 1 aliphatic rings. The van der Waals surface area contributed by atoms with E-state index in [9.17, 15) is 4.79 Å². The van der Waals surface area contributed by atoms with E-state index < -0.39 is 0 Å². The van der Waals surface area contributed by atoms with Crippen LogP contribution >= 0.6 is 0 Å². The molecule has 0 spiro atoms. The lowest BCUT2D eigenvalue weighted by Gasteiger charge is -2.26. The van der Waals surface area contributed by atoms with Gasteiger partial charge in [-0.15, -0.1) is 0 Å². The fourth-order valence-electron chi connectivity index (χ4n) is 1.39. The van der Waals surface area contributed by atoms with Crippen LogP contribution in [0.3, 0.4) is 0 Å². The second-order valence-electron chi connectivity index (χ2n) is 3.80. The third-order valence-corrected chi connectivity index (χ3v) is 2.35. The summed E-state index contributed by atoms with van der Waals surface area (Å²) in [5.74, 6) is -0.269. The van der Waals surface area contributed by atoms with Gasteiger partial charge in [0.05, 0.1) is 26.2 Å². The molecule has 0 aromatic rings. The first-order valence-corrected chi connectivity index (χ1v) is 5.53. The van der Waals surface area contributed by atoms with E-state index in [0.717, 1.165) is 0 Å². The van der Waals surface area contributed by atoms with E-state index in [1.54, 1.807) is 7.11 Å². The van der Waals surface area contributed by atoms with Gasteiger partial charge < -0.3 is 24.0 Å². The number of hydrogen-bond acceptors (Lipinski definition) is 6. The Morgan fingerprint density at radius 2 is 1.82 bits per heavy atom. The first-order chi connectivity index (χ1) is 8.15. The molecule has 1 aliphatic heterocycles. The topological polar surface area (TPSA) is 51.2 Å². The predicted molar refractivity (Wildman–Crippen MR) is 61.9 cm³/mol. The number of carbonyl (C=O) groups is 1. The van der Waals surface area contributed by atoms with E-state index in [1.807, 2.05) is 36.3 Å². The van der Waals surface area contributed by atoms with Gasteiger partial charge in [-0.05, 0) is 0 Å². The first kappa shape index (κ1) is 13.8. The van der Waals surface area contributed by atoms with E-state index in [4.69, 9.17) is 14.2 Å². The summed E-state index contributed by atoms with van der Waals surface area (Å²) in [5, 5.41) is 0. The Hall–Kier alpha value is -1.27. The van der Waals surface area contributed by atoms with Crippen LogP contribution in [0.2, 0.25) is 0 Å². The molecule has 1 rings (SSSR count). The van der Waals surface area contributed by atoms with Crippen molar-refractivity contribution in [2.45, 2.75) is 12.8 Å². The minimum absolute atomic E-state index is 0.252. The van der Waals surface area contributed by atoms with Crippen LogP contribution in [0, 0.1) is 0 Å². The zero-order valence-electron chi connectivity index (χ0n) is 10.6. The van der Waals surface area contributed by atoms with Gasteiger partial charge in [0, 0.05) is 33.6 Å². The van der Waals surface area contributed by atoms with Crippen LogP contribution in [0.5, 0.6) is 0 Å². The molecule has 0 fully saturated rings. The van der Waals surface area contributed by atoms with Crippen LogP contribution in [-0.4, -0.2) is 63.1 Å². The van der Waals surface area contributed by atoms with E-state index in [2.05, 4.69) is 0 Å². The second kappa shape index (κ2) is 7.13. The maximum Gasteiger partial charge on any atom is 0.311 e. The molecule has 0 aromatic heterocycles. The van der Waals surface area contributed by atoms with Crippen LogP contribution in [0.25, 0.3) is 0 Å². The molecule has 0 radical (unpaired) electrons. The summed E-state index contributed by atoms with van der Waals surface area (Å²) in [7, 11) is 5.32. The van der Waals surface area contributed by atoms with E-state index in [1.165, 1.54) is 0 Å². The first-order valence-electron chi connectivity index (χ1n) is 5.53. The third-order valence-electron chi connectivity index (χ3n) is 2.35. The lowest BCUT2D eigenvalue weighted by atomic mass is 10.5. The van der Waals surface area contributed by atoms with E-state index in [0.29, 0.717) is 19.8 Å². The van der Waals surface area contributed by atoms with Crippen molar-refractivity contribution < 1.29 is 19.0 Å². The Bertz CT molecular complexity index is 258. The largest absolute Gasteiger partial charge is 0.422 e. The third kappa shape index (κ3) is 4.62. The summed E-state index contributed by atoms with van der Waals surface area (Å²) in [6.45, 7) is 1.39. The molecular formula is C11H20N2O4. The van der Waals surface area contributed by atoms with Gasteiger partial charge in [-0.3, -0.25) is 4.79 Å². The Morgan fingerprint density at radius 3 is 2.41 bits per heavy atom. The van der Waals surface area contributed by atoms with Crippen molar-refractivity contribution in [3.63, 3.8) is 0 Å². The highest BCUT2D eigenvalue weighted by Crippen LogP contribution is 2.12. The normalized spacial score (nSPS) is 15.7. The van der Waals surface area contributed by atoms with Crippen LogP contribution in [0.15, 0.2) is 12.4 Å². The molecule has 0 saturated carbocycles. The summed E-state index contributed by atoms with van der Waals surface area (Å²) >= 11 is 0. The van der Waals surface area contributed by atoms with Crippen LogP contribution in [0.1, 0.15) is 6.42 Å². The number of hydrogen-bond donors (Lipinski definition) is 0. The molecule has 0 aromatic carbocycles. The molecule has 0 atom stereocenters. The van der Waals surface area contributed by atoms with Gasteiger partial charge in [0.25, 0.3) is 6.35 Å². The quantitative estimate of drug-likeness (QED) is 0.471. The molecule has 98 valence electrons. The Morgan fingerprint density at radius 1 is 1.18 bits per heavy atom. The van der Waals surface area contributed by atoms with Gasteiger partial charge >= 0.3 is 5.97 Å². The Labute approximate surface area is 102 Å². The fourth-order valence-corrected chi connectivity index (χ4v) is 1.39. The lowest BCUT2D eigenvalue weighted by Crippen LogP contribution is -2.38. The molecule has 1 heterocycles. The SMILES string of the molecule is COCCOCCC(=O)OC1N(C)C=CN1C. The van der Waals surface area contributed by atoms with Crippen molar-refractivity contribution >= 4 is 5.97 Å². The van der Waals surface area contributed by atoms with Gasteiger partial charge in [0.2, 0.25) is 0 Å². The summed E-state index contributed by atoms with van der Waals surface area (Å²) in [5.41, 5.74) is 0. The summed E-state index contributed by atoms with van der Waals surface area (Å²) in [4.78, 5) is 15.2. The molecular weight excluding hydrogens is 224 g/mol. The number of ether oxygens (including phenoxy) is 3. The van der Waals surface area contributed by atoms with Crippen molar-refractivity contribution in [3.8, 4) is 0 Å². The smallest absolute Gasteiger partial charge is 0.311 e. The molecule has 0 aliphatic carbocycles. The molecule has 0 saturated heterocycles. The Kier molecular flexibility index (Phi) is 5.79. The van der Waals surface area contributed by atoms with Gasteiger partial charge in [0.1, 0.15) is 0 Å². The molecule has 17 heavy (non-hydrogen) atoms. The van der Waals surface area contributed by atoms with Crippen molar-refractivity contribution in [2.24, 2.45) is 0 Å². The number of esters is 1. The van der Waals surface area contributed by atoms with E-state index >= 15 is 0 Å². The van der Waals surface area contributed by atoms with Crippen LogP contribution in [0.4, 0.5) is 0 Å². The zero-order valence-corrected chi connectivity index (χ0v) is 10.6. The number of methoxy groups -OCH3 is 1. The molecule has 0 N–H and O–H groups in total. The molecule has 0 amide bonds. The highest BCUT2D eigenvalue weighted by molar-refractivity contribution is 5.69. The van der Waals surface area contributed by atoms with Crippen molar-refractivity contribution in [3.05, 3.63) is 12.4 Å². The molecule has 6 nitrogen and oxygen atoms in total. The average molecular weight is 244 g/mol. The summed E-state index contributed by atoms with van der Waals surface area (Å²) < 4.78 is 15.3. The van der Waals surface area contributed by atoms with Gasteiger partial charge in [-0.1, -0.05) is 0 Å². The highest BCUT2D eigenvalue weighted by atomic mass is 16.6. The summed E-state index contributed by atoms with van der Waals surface area (Å²) in [6, 6.07) is 0. The maximum absolute atomic E-state index is 11.5. The van der Waals surface area contributed by atoms with Gasteiger partial charge in [-0.25, -0.2) is 0 Å². The molecule has 0 bridgehead atoms. The molecule has 6 heteroatoms. The summed E-state index contributed by atoms with van der Waals surface area (Å²) in [6.07, 6.45) is 3.61. The maximum atomic E-state index is 11.5. The average Bonchev–Trinajstić information content (AvgIpc) is 2.60. The number of rotatable bonds is 7. The second-order valence-corrected chi connectivity index (χ2v) is 3.80. The van der Waals surface area contributed by atoms with E-state index in [-0.39, 0.29) is 18.7 Å². The van der Waals surface area contributed by atoms with Gasteiger partial charge in [0.15, 0.2) is 0 Å². The number of nitrogens with zero attached hydrogens (tertiary/aromatic N) is 2. The zero-order chi connectivity index (χ0) is 12.7. The highest BCUT2D eigenvalue weighted by Gasteiger charge is 2.24. The minimum Gasteiger partial charge on any atom is -0.422 e. The van der Waals surface area contributed by atoms with Crippen molar-refractivity contribution in [1.29, 1.82) is 0 Å². The Balaban J connectivity index is 2.13. The minimum atomic E-state index is -0.346. The lowest BCUT2D eigenvalue weighted by molar-refractivity contribution is -0.166. The van der Waals surface area contributed by atoms with Crippen LogP contribution < -0.4 is 0 Å². The fraction of sp³-hybridized carbons (Fsp3) is 0.727. The van der Waals surface area contributed by atoms with Gasteiger partial charge in [-0.2, -0.15) is 0 Å². The number of carbonyl (C=O) groups excluding carboxylic acids is 1. The van der Waals surface area contributed by atoms with Crippen molar-refractivity contribution in [1.82, 2.24) is 9.80 Å². The monoisotopic (exact) mass is 244 g/mol. The molecule has 0 unspecified atom stereocenters. The van der Waals surface area contributed by atoms with Crippen molar-refractivity contribution in [2.75, 3.05) is 41.0 Å². The van der Waals surface area contributed by atoms with Crippen LogP contribution in [-0.2, 0) is 19.0 Å². The standard InChI is InChI=1S/C11H20N2O4/c1-12-5-6-13(2)11(12)17-10(14)4-7-16-9-8-15-3/h5-6,11H,4,7-9H2,1-3H3.